The summed E-state index contributed by atoms with van der Waals surface area (Å²) >= 11 is 0. The molecule has 2 aromatic rings. The number of Topliss-reactive ketones (excluding diaryl/α,β-unsaturated/α-hetero) is 1. The van der Waals surface area contributed by atoms with Gasteiger partial charge in [-0.1, -0.05) is 67.4 Å². The average molecular weight is 512 g/mol. The highest BCUT2D eigenvalue weighted by Crippen LogP contribution is 2.36. The number of rotatable bonds is 11. The van der Waals surface area contributed by atoms with Crippen molar-refractivity contribution in [1.29, 1.82) is 0 Å². The lowest BCUT2D eigenvalue weighted by Crippen LogP contribution is -2.53. The third-order valence-electron chi connectivity index (χ3n) is 6.30. The maximum Gasteiger partial charge on any atom is 0.289 e. The molecule has 9 heteroatoms. The van der Waals surface area contributed by atoms with Crippen LogP contribution in [-0.4, -0.2) is 55.5 Å². The molecular formula is C27H33N3O5S. The van der Waals surface area contributed by atoms with Gasteiger partial charge in [-0.25, -0.2) is 8.42 Å². The van der Waals surface area contributed by atoms with Gasteiger partial charge in [-0.05, 0) is 43.4 Å². The normalized spacial score (nSPS) is 18.8. The van der Waals surface area contributed by atoms with Crippen LogP contribution < -0.4 is 10.6 Å². The number of hydrogen-bond acceptors (Lipinski definition) is 5. The van der Waals surface area contributed by atoms with Crippen LogP contribution in [0, 0.1) is 6.92 Å². The van der Waals surface area contributed by atoms with E-state index in [1.165, 1.54) is 22.5 Å². The Morgan fingerprint density at radius 3 is 2.39 bits per heavy atom. The number of hydrogen-bond donors (Lipinski definition) is 2. The van der Waals surface area contributed by atoms with E-state index < -0.39 is 39.7 Å². The van der Waals surface area contributed by atoms with Crippen LogP contribution in [0.2, 0.25) is 0 Å². The zero-order chi connectivity index (χ0) is 26.3. The number of nitrogens with zero attached hydrogens (tertiary/aromatic N) is 1. The predicted octanol–water partition coefficient (Wildman–Crippen LogP) is 2.70. The Balaban J connectivity index is 1.90. The van der Waals surface area contributed by atoms with Gasteiger partial charge >= 0.3 is 0 Å². The molecule has 3 unspecified atom stereocenters. The Morgan fingerprint density at radius 1 is 1.11 bits per heavy atom. The Bertz CT molecular complexity index is 1200. The van der Waals surface area contributed by atoms with E-state index in [4.69, 9.17) is 0 Å². The summed E-state index contributed by atoms with van der Waals surface area (Å²) in [6, 6.07) is 13.9. The Labute approximate surface area is 212 Å². The average Bonchev–Trinajstić information content (AvgIpc) is 3.34. The van der Waals surface area contributed by atoms with Gasteiger partial charge < -0.3 is 10.6 Å². The van der Waals surface area contributed by atoms with Crippen LogP contribution in [-0.2, 0) is 24.4 Å². The summed E-state index contributed by atoms with van der Waals surface area (Å²) in [4.78, 5) is 38.5. The third kappa shape index (κ3) is 6.27. The van der Waals surface area contributed by atoms with Gasteiger partial charge in [0.25, 0.3) is 5.91 Å². The van der Waals surface area contributed by atoms with Crippen LogP contribution in [0.5, 0.6) is 0 Å². The molecule has 2 aromatic carbocycles. The lowest BCUT2D eigenvalue weighted by atomic mass is 9.96. The zero-order valence-electron chi connectivity index (χ0n) is 20.6. The Kier molecular flexibility index (Phi) is 9.17. The molecule has 3 atom stereocenters. The van der Waals surface area contributed by atoms with Crippen LogP contribution in [0.25, 0.3) is 0 Å². The minimum atomic E-state index is -3.99. The molecule has 0 aromatic heterocycles. The SMILES string of the molecule is C=CCNC(=O)C(=O)C(CCC)NC(=O)C1CC(c2ccccc2)CN1S(=O)(=O)c1ccc(C)cc1. The van der Waals surface area contributed by atoms with Crippen molar-refractivity contribution in [2.45, 2.75) is 56.0 Å². The molecule has 0 aliphatic carbocycles. The van der Waals surface area contributed by atoms with Gasteiger partial charge in [0.15, 0.2) is 0 Å². The summed E-state index contributed by atoms with van der Waals surface area (Å²) in [6.45, 7) is 7.47. The maximum absolute atomic E-state index is 13.6. The lowest BCUT2D eigenvalue weighted by molar-refractivity contribution is -0.140. The van der Waals surface area contributed by atoms with E-state index in [9.17, 15) is 22.8 Å². The molecule has 2 N–H and O–H groups in total. The molecule has 3 rings (SSSR count). The first kappa shape index (κ1) is 27.3. The van der Waals surface area contributed by atoms with Crippen LogP contribution in [0.3, 0.4) is 0 Å². The summed E-state index contributed by atoms with van der Waals surface area (Å²) < 4.78 is 28.4. The van der Waals surface area contributed by atoms with E-state index in [-0.39, 0.29) is 36.7 Å². The van der Waals surface area contributed by atoms with Gasteiger partial charge in [-0.2, -0.15) is 4.31 Å². The van der Waals surface area contributed by atoms with Crippen molar-refractivity contribution < 1.29 is 22.8 Å². The topological polar surface area (TPSA) is 113 Å². The van der Waals surface area contributed by atoms with Crippen LogP contribution in [0.4, 0.5) is 0 Å². The number of carbonyl (C=O) groups is 3. The minimum absolute atomic E-state index is 0.101. The third-order valence-corrected chi connectivity index (χ3v) is 8.19. The van der Waals surface area contributed by atoms with Gasteiger partial charge in [0.1, 0.15) is 6.04 Å². The summed E-state index contributed by atoms with van der Waals surface area (Å²) in [6.07, 6.45) is 2.52. The van der Waals surface area contributed by atoms with Crippen molar-refractivity contribution in [3.05, 3.63) is 78.4 Å². The molecule has 0 saturated carbocycles. The van der Waals surface area contributed by atoms with Gasteiger partial charge in [0.2, 0.25) is 21.7 Å². The van der Waals surface area contributed by atoms with Crippen LogP contribution in [0.1, 0.15) is 43.2 Å². The number of sulfonamides is 1. The molecule has 2 amide bonds. The van der Waals surface area contributed by atoms with E-state index in [1.54, 1.807) is 12.1 Å². The number of carbonyl (C=O) groups excluding carboxylic acids is 3. The molecule has 1 aliphatic heterocycles. The van der Waals surface area contributed by atoms with Crippen LogP contribution >= 0.6 is 0 Å². The molecule has 36 heavy (non-hydrogen) atoms. The molecule has 0 spiro atoms. The fraction of sp³-hybridized carbons (Fsp3) is 0.370. The molecule has 1 aliphatic rings. The fourth-order valence-electron chi connectivity index (χ4n) is 4.36. The van der Waals surface area contributed by atoms with Crippen molar-refractivity contribution in [2.24, 2.45) is 0 Å². The van der Waals surface area contributed by atoms with E-state index >= 15 is 0 Å². The number of nitrogens with one attached hydrogen (secondary N) is 2. The first-order valence-corrected chi connectivity index (χ1v) is 13.5. The van der Waals surface area contributed by atoms with Crippen molar-refractivity contribution in [3.63, 3.8) is 0 Å². The van der Waals surface area contributed by atoms with Crippen molar-refractivity contribution in [3.8, 4) is 0 Å². The molecule has 1 fully saturated rings. The molecule has 0 radical (unpaired) electrons. The molecule has 0 bridgehead atoms. The van der Waals surface area contributed by atoms with Gasteiger partial charge in [0.05, 0.1) is 10.9 Å². The van der Waals surface area contributed by atoms with Crippen molar-refractivity contribution >= 4 is 27.6 Å². The second-order valence-corrected chi connectivity index (χ2v) is 10.9. The smallest absolute Gasteiger partial charge is 0.289 e. The molecule has 192 valence electrons. The molecule has 1 saturated heterocycles. The standard InChI is InChI=1S/C27H33N3O5S/c1-4-9-23(25(31)27(33)28-16-5-2)29-26(32)24-17-21(20-10-7-6-8-11-20)18-30(24)36(34,35)22-14-12-19(3)13-15-22/h5-8,10-15,21,23-24H,2,4,9,16-18H2,1,3H3,(H,28,33)(H,29,32). The summed E-state index contributed by atoms with van der Waals surface area (Å²) in [5, 5.41) is 5.11. The van der Waals surface area contributed by atoms with E-state index in [2.05, 4.69) is 17.2 Å². The summed E-state index contributed by atoms with van der Waals surface area (Å²) in [5.41, 5.74) is 1.85. The number of ketones is 1. The Morgan fingerprint density at radius 2 is 1.78 bits per heavy atom. The largest absolute Gasteiger partial charge is 0.346 e. The quantitative estimate of drug-likeness (QED) is 0.356. The van der Waals surface area contributed by atoms with E-state index in [0.717, 1.165) is 11.1 Å². The van der Waals surface area contributed by atoms with Gasteiger partial charge in [-0.3, -0.25) is 14.4 Å². The van der Waals surface area contributed by atoms with Gasteiger partial charge in [0, 0.05) is 13.1 Å². The van der Waals surface area contributed by atoms with Gasteiger partial charge in [-0.15, -0.1) is 6.58 Å². The predicted molar refractivity (Wildman–Crippen MR) is 138 cm³/mol. The summed E-state index contributed by atoms with van der Waals surface area (Å²) in [5.74, 6) is -2.37. The highest BCUT2D eigenvalue weighted by molar-refractivity contribution is 7.89. The first-order valence-electron chi connectivity index (χ1n) is 12.1. The van der Waals surface area contributed by atoms with E-state index in [1.807, 2.05) is 44.2 Å². The number of aryl methyl sites for hydroxylation is 1. The zero-order valence-corrected chi connectivity index (χ0v) is 21.5. The lowest BCUT2D eigenvalue weighted by Gasteiger charge is -2.25. The van der Waals surface area contributed by atoms with Crippen molar-refractivity contribution in [1.82, 2.24) is 14.9 Å². The molecule has 8 nitrogen and oxygen atoms in total. The van der Waals surface area contributed by atoms with Crippen molar-refractivity contribution in [2.75, 3.05) is 13.1 Å². The highest BCUT2D eigenvalue weighted by atomic mass is 32.2. The van der Waals surface area contributed by atoms with E-state index in [0.29, 0.717) is 6.42 Å². The second kappa shape index (κ2) is 12.1. The number of amides is 2. The summed E-state index contributed by atoms with van der Waals surface area (Å²) in [7, 11) is -3.99. The molecular weight excluding hydrogens is 478 g/mol. The van der Waals surface area contributed by atoms with Crippen LogP contribution in [0.15, 0.2) is 72.1 Å². The first-order chi connectivity index (χ1) is 17.2. The highest BCUT2D eigenvalue weighted by Gasteiger charge is 2.45. The molecule has 1 heterocycles. The monoisotopic (exact) mass is 511 g/mol. The maximum atomic E-state index is 13.6. The number of benzene rings is 2. The minimum Gasteiger partial charge on any atom is -0.346 e. The Hall–Kier alpha value is -3.30. The second-order valence-electron chi connectivity index (χ2n) is 8.96. The fourth-order valence-corrected chi connectivity index (χ4v) is 6.00.